The molecule has 2 aliphatic rings. The number of nitrogens with zero attached hydrogens (tertiary/aromatic N) is 1. The first-order valence-corrected chi connectivity index (χ1v) is 8.96. The molecule has 2 fully saturated rings. The minimum Gasteiger partial charge on any atom is -0.379 e. The van der Waals surface area contributed by atoms with Gasteiger partial charge < -0.3 is 10.1 Å². The Balaban J connectivity index is 1.89. The van der Waals surface area contributed by atoms with Crippen LogP contribution in [0.1, 0.15) is 53.9 Å². The quantitative estimate of drug-likeness (QED) is 0.843. The minimum absolute atomic E-state index is 0.228. The number of nitrogens with one attached hydrogen (secondary N) is 1. The van der Waals surface area contributed by atoms with E-state index >= 15 is 0 Å². The Labute approximate surface area is 131 Å². The lowest BCUT2D eigenvalue weighted by Crippen LogP contribution is -2.57. The average molecular weight is 296 g/mol. The van der Waals surface area contributed by atoms with Gasteiger partial charge in [-0.15, -0.1) is 0 Å². The highest BCUT2D eigenvalue weighted by Gasteiger charge is 2.33. The molecule has 21 heavy (non-hydrogen) atoms. The second kappa shape index (κ2) is 7.43. The molecule has 0 spiro atoms. The summed E-state index contributed by atoms with van der Waals surface area (Å²) in [7, 11) is 0. The molecule has 0 amide bonds. The third kappa shape index (κ3) is 4.67. The van der Waals surface area contributed by atoms with Crippen LogP contribution in [-0.2, 0) is 4.74 Å². The van der Waals surface area contributed by atoms with E-state index < -0.39 is 0 Å². The van der Waals surface area contributed by atoms with Gasteiger partial charge in [0.05, 0.1) is 13.2 Å². The van der Waals surface area contributed by atoms with Crippen LogP contribution >= 0.6 is 0 Å². The van der Waals surface area contributed by atoms with E-state index in [-0.39, 0.29) is 5.54 Å². The molecule has 3 atom stereocenters. The van der Waals surface area contributed by atoms with Gasteiger partial charge in [-0.1, -0.05) is 27.2 Å². The van der Waals surface area contributed by atoms with Crippen molar-refractivity contribution in [2.45, 2.75) is 65.5 Å². The molecule has 1 aliphatic carbocycles. The molecular weight excluding hydrogens is 260 g/mol. The molecule has 1 heterocycles. The SMILES string of the molecule is CC1CCC(C(C)C)C(NCC(C)(C)N2CCOCC2)C1. The fourth-order valence-electron chi connectivity index (χ4n) is 4.10. The molecule has 0 radical (unpaired) electrons. The van der Waals surface area contributed by atoms with Crippen molar-refractivity contribution < 1.29 is 4.74 Å². The lowest BCUT2D eigenvalue weighted by atomic mass is 9.74. The van der Waals surface area contributed by atoms with Crippen LogP contribution in [0, 0.1) is 17.8 Å². The smallest absolute Gasteiger partial charge is 0.0594 e. The largest absolute Gasteiger partial charge is 0.379 e. The molecule has 3 unspecified atom stereocenters. The number of hydrogen-bond acceptors (Lipinski definition) is 3. The van der Waals surface area contributed by atoms with E-state index in [1.165, 1.54) is 19.3 Å². The van der Waals surface area contributed by atoms with Crippen LogP contribution in [0.4, 0.5) is 0 Å². The maximum Gasteiger partial charge on any atom is 0.0594 e. The highest BCUT2D eigenvalue weighted by Crippen LogP contribution is 2.33. The van der Waals surface area contributed by atoms with Crippen LogP contribution in [0.25, 0.3) is 0 Å². The van der Waals surface area contributed by atoms with E-state index in [9.17, 15) is 0 Å². The fourth-order valence-corrected chi connectivity index (χ4v) is 4.10. The average Bonchev–Trinajstić information content (AvgIpc) is 2.46. The molecule has 1 aliphatic heterocycles. The highest BCUT2D eigenvalue weighted by molar-refractivity contribution is 4.90. The van der Waals surface area contributed by atoms with Gasteiger partial charge in [-0.2, -0.15) is 0 Å². The zero-order valence-corrected chi connectivity index (χ0v) is 14.8. The second-order valence-electron chi connectivity index (χ2n) is 8.23. The summed E-state index contributed by atoms with van der Waals surface area (Å²) in [5.74, 6) is 2.52. The summed E-state index contributed by atoms with van der Waals surface area (Å²) in [4.78, 5) is 2.58. The molecule has 124 valence electrons. The van der Waals surface area contributed by atoms with Crippen LogP contribution in [-0.4, -0.2) is 49.3 Å². The Morgan fingerprint density at radius 3 is 2.48 bits per heavy atom. The van der Waals surface area contributed by atoms with Gasteiger partial charge in [0.2, 0.25) is 0 Å². The molecule has 1 saturated heterocycles. The van der Waals surface area contributed by atoms with Crippen molar-refractivity contribution in [3.8, 4) is 0 Å². The summed E-state index contributed by atoms with van der Waals surface area (Å²) < 4.78 is 5.49. The topological polar surface area (TPSA) is 24.5 Å². The summed E-state index contributed by atoms with van der Waals surface area (Å²) >= 11 is 0. The first kappa shape index (κ1) is 17.2. The lowest BCUT2D eigenvalue weighted by molar-refractivity contribution is -0.0121. The fraction of sp³-hybridized carbons (Fsp3) is 1.00. The Kier molecular flexibility index (Phi) is 6.10. The van der Waals surface area contributed by atoms with E-state index in [2.05, 4.69) is 44.8 Å². The van der Waals surface area contributed by atoms with Crippen molar-refractivity contribution >= 4 is 0 Å². The maximum absolute atomic E-state index is 5.49. The molecule has 0 aromatic heterocycles. The van der Waals surface area contributed by atoms with Crippen molar-refractivity contribution in [1.29, 1.82) is 0 Å². The van der Waals surface area contributed by atoms with Gasteiger partial charge in [-0.3, -0.25) is 4.90 Å². The van der Waals surface area contributed by atoms with E-state index in [4.69, 9.17) is 4.74 Å². The minimum atomic E-state index is 0.228. The van der Waals surface area contributed by atoms with Crippen molar-refractivity contribution in [1.82, 2.24) is 10.2 Å². The Morgan fingerprint density at radius 1 is 1.19 bits per heavy atom. The molecule has 3 heteroatoms. The predicted octanol–water partition coefficient (Wildman–Crippen LogP) is 3.15. The summed E-state index contributed by atoms with van der Waals surface area (Å²) in [6.45, 7) is 17.0. The zero-order valence-electron chi connectivity index (χ0n) is 14.8. The maximum atomic E-state index is 5.49. The first-order chi connectivity index (χ1) is 9.90. The summed E-state index contributed by atoms with van der Waals surface area (Å²) in [6, 6.07) is 0.703. The van der Waals surface area contributed by atoms with E-state index in [1.54, 1.807) is 0 Å². The Hall–Kier alpha value is -0.120. The van der Waals surface area contributed by atoms with Crippen molar-refractivity contribution in [2.75, 3.05) is 32.8 Å². The molecule has 1 saturated carbocycles. The van der Waals surface area contributed by atoms with E-state index in [0.717, 1.165) is 50.6 Å². The normalized spacial score (nSPS) is 32.6. The third-order valence-electron chi connectivity index (χ3n) is 5.69. The van der Waals surface area contributed by atoms with Gasteiger partial charge in [0.25, 0.3) is 0 Å². The Morgan fingerprint density at radius 2 is 1.86 bits per heavy atom. The number of rotatable bonds is 5. The van der Waals surface area contributed by atoms with Gasteiger partial charge in [-0.25, -0.2) is 0 Å². The highest BCUT2D eigenvalue weighted by atomic mass is 16.5. The van der Waals surface area contributed by atoms with Crippen LogP contribution in [0.5, 0.6) is 0 Å². The molecular formula is C18H36N2O. The van der Waals surface area contributed by atoms with Gasteiger partial charge in [0.1, 0.15) is 0 Å². The second-order valence-corrected chi connectivity index (χ2v) is 8.23. The van der Waals surface area contributed by atoms with Crippen molar-refractivity contribution in [2.24, 2.45) is 17.8 Å². The number of hydrogen-bond donors (Lipinski definition) is 1. The van der Waals surface area contributed by atoms with Gasteiger partial charge >= 0.3 is 0 Å². The predicted molar refractivity (Wildman–Crippen MR) is 89.6 cm³/mol. The molecule has 3 nitrogen and oxygen atoms in total. The third-order valence-corrected chi connectivity index (χ3v) is 5.69. The zero-order chi connectivity index (χ0) is 15.5. The summed E-state index contributed by atoms with van der Waals surface area (Å²) in [6.07, 6.45) is 4.16. The summed E-state index contributed by atoms with van der Waals surface area (Å²) in [5, 5.41) is 3.94. The van der Waals surface area contributed by atoms with Crippen molar-refractivity contribution in [3.63, 3.8) is 0 Å². The van der Waals surface area contributed by atoms with E-state index in [1.807, 2.05) is 0 Å². The van der Waals surface area contributed by atoms with Gasteiger partial charge in [-0.05, 0) is 44.4 Å². The Bertz CT molecular complexity index is 310. The summed E-state index contributed by atoms with van der Waals surface area (Å²) in [5.41, 5.74) is 0.228. The first-order valence-electron chi connectivity index (χ1n) is 8.96. The molecule has 0 aromatic rings. The number of morpholine rings is 1. The van der Waals surface area contributed by atoms with Crippen LogP contribution in [0.3, 0.4) is 0 Å². The van der Waals surface area contributed by atoms with Gasteiger partial charge in [0.15, 0.2) is 0 Å². The van der Waals surface area contributed by atoms with Crippen LogP contribution in [0.15, 0.2) is 0 Å². The van der Waals surface area contributed by atoms with Gasteiger partial charge in [0, 0.05) is 31.2 Å². The molecule has 0 bridgehead atoms. The van der Waals surface area contributed by atoms with Crippen molar-refractivity contribution in [3.05, 3.63) is 0 Å². The van der Waals surface area contributed by atoms with Crippen LogP contribution in [0.2, 0.25) is 0 Å². The number of ether oxygens (including phenoxy) is 1. The molecule has 2 rings (SSSR count). The molecule has 0 aromatic carbocycles. The standard InChI is InChI=1S/C18H36N2O/c1-14(2)16-7-6-15(3)12-17(16)19-13-18(4,5)20-8-10-21-11-9-20/h14-17,19H,6-13H2,1-5H3. The van der Waals surface area contributed by atoms with Crippen LogP contribution < -0.4 is 5.32 Å². The van der Waals surface area contributed by atoms with E-state index in [0.29, 0.717) is 6.04 Å². The lowest BCUT2D eigenvalue weighted by Gasteiger charge is -2.44. The monoisotopic (exact) mass is 296 g/mol. The molecule has 1 N–H and O–H groups in total.